The first-order chi connectivity index (χ1) is 11.8. The summed E-state index contributed by atoms with van der Waals surface area (Å²) in [6.45, 7) is 8.20. The topological polar surface area (TPSA) is 29.1 Å². The number of hydrogen-bond acceptors (Lipinski definition) is 2. The van der Waals surface area contributed by atoms with Crippen LogP contribution in [0.5, 0.6) is 0 Å². The van der Waals surface area contributed by atoms with E-state index in [1.54, 1.807) is 12.1 Å². The molecule has 2 rings (SSSR count). The Balaban J connectivity index is 1.88. The van der Waals surface area contributed by atoms with Crippen molar-refractivity contribution in [1.29, 1.82) is 0 Å². The van der Waals surface area contributed by atoms with Gasteiger partial charge in [-0.1, -0.05) is 29.8 Å². The Morgan fingerprint density at radius 2 is 1.84 bits per heavy atom. The highest BCUT2D eigenvalue weighted by molar-refractivity contribution is 7.99. The van der Waals surface area contributed by atoms with E-state index < -0.39 is 0 Å². The summed E-state index contributed by atoms with van der Waals surface area (Å²) in [4.78, 5) is 12.2. The lowest BCUT2D eigenvalue weighted by Crippen LogP contribution is -2.28. The van der Waals surface area contributed by atoms with Gasteiger partial charge in [-0.05, 0) is 67.6 Å². The fourth-order valence-electron chi connectivity index (χ4n) is 2.70. The van der Waals surface area contributed by atoms with Crippen LogP contribution < -0.4 is 5.32 Å². The second kappa shape index (κ2) is 8.72. The molecule has 0 saturated heterocycles. The molecule has 0 saturated carbocycles. The van der Waals surface area contributed by atoms with Crippen molar-refractivity contribution < 1.29 is 9.18 Å². The largest absolute Gasteiger partial charge is 0.349 e. The molecule has 1 atom stereocenters. The van der Waals surface area contributed by atoms with Gasteiger partial charge in [-0.25, -0.2) is 4.39 Å². The predicted octanol–water partition coefficient (Wildman–Crippen LogP) is 5.51. The average Bonchev–Trinajstić information content (AvgIpc) is 2.52. The molecular formula is C20H23ClFNOS. The summed E-state index contributed by atoms with van der Waals surface area (Å²) < 4.78 is 13.7. The van der Waals surface area contributed by atoms with Gasteiger partial charge in [0.1, 0.15) is 5.82 Å². The first kappa shape index (κ1) is 19.8. The van der Waals surface area contributed by atoms with Crippen molar-refractivity contribution in [3.8, 4) is 0 Å². The highest BCUT2D eigenvalue weighted by atomic mass is 35.5. The summed E-state index contributed by atoms with van der Waals surface area (Å²) in [6, 6.07) is 8.83. The van der Waals surface area contributed by atoms with E-state index in [2.05, 4.69) is 38.2 Å². The van der Waals surface area contributed by atoms with E-state index in [0.29, 0.717) is 16.3 Å². The van der Waals surface area contributed by atoms with Gasteiger partial charge in [-0.15, -0.1) is 11.8 Å². The third kappa shape index (κ3) is 5.48. The quantitative estimate of drug-likeness (QED) is 0.716. The van der Waals surface area contributed by atoms with Crippen LogP contribution >= 0.6 is 23.4 Å². The van der Waals surface area contributed by atoms with E-state index in [1.807, 2.05) is 6.92 Å². The van der Waals surface area contributed by atoms with Crippen LogP contribution in [0, 0.1) is 26.6 Å². The third-order valence-electron chi connectivity index (χ3n) is 4.23. The minimum atomic E-state index is -0.334. The molecular weight excluding hydrogens is 357 g/mol. The molecule has 0 aromatic heterocycles. The van der Waals surface area contributed by atoms with E-state index in [9.17, 15) is 9.18 Å². The van der Waals surface area contributed by atoms with Crippen LogP contribution in [-0.4, -0.2) is 11.7 Å². The van der Waals surface area contributed by atoms with Crippen molar-refractivity contribution in [3.05, 3.63) is 69.0 Å². The van der Waals surface area contributed by atoms with E-state index in [-0.39, 0.29) is 23.5 Å². The zero-order valence-corrected chi connectivity index (χ0v) is 16.5. The zero-order chi connectivity index (χ0) is 18.6. The zero-order valence-electron chi connectivity index (χ0n) is 15.0. The molecule has 0 spiro atoms. The number of nitrogens with one attached hydrogen (secondary N) is 1. The van der Waals surface area contributed by atoms with Crippen LogP contribution in [0.15, 0.2) is 30.3 Å². The lowest BCUT2D eigenvalue weighted by molar-refractivity contribution is -0.119. The van der Waals surface area contributed by atoms with Crippen LogP contribution in [0.2, 0.25) is 5.02 Å². The molecule has 1 unspecified atom stereocenters. The number of thioether (sulfide) groups is 1. The Hall–Kier alpha value is -1.52. The average molecular weight is 380 g/mol. The van der Waals surface area contributed by atoms with Crippen LogP contribution in [0.3, 0.4) is 0 Å². The Labute approximate surface area is 158 Å². The fourth-order valence-corrected chi connectivity index (χ4v) is 3.69. The van der Waals surface area contributed by atoms with Crippen LogP contribution in [-0.2, 0) is 10.5 Å². The lowest BCUT2D eigenvalue weighted by atomic mass is 9.96. The molecule has 0 aliphatic heterocycles. The summed E-state index contributed by atoms with van der Waals surface area (Å²) in [5.74, 6) is 0.341. The third-order valence-corrected chi connectivity index (χ3v) is 5.45. The van der Waals surface area contributed by atoms with E-state index in [1.165, 1.54) is 34.5 Å². The van der Waals surface area contributed by atoms with Gasteiger partial charge in [0.05, 0.1) is 11.8 Å². The molecule has 25 heavy (non-hydrogen) atoms. The first-order valence-electron chi connectivity index (χ1n) is 8.16. The molecule has 5 heteroatoms. The summed E-state index contributed by atoms with van der Waals surface area (Å²) in [6.07, 6.45) is 0. The Kier molecular flexibility index (Phi) is 6.91. The Morgan fingerprint density at radius 3 is 2.52 bits per heavy atom. The van der Waals surface area contributed by atoms with Gasteiger partial charge < -0.3 is 5.32 Å². The van der Waals surface area contributed by atoms with Crippen molar-refractivity contribution in [2.75, 3.05) is 5.75 Å². The van der Waals surface area contributed by atoms with Crippen molar-refractivity contribution in [2.45, 2.75) is 39.5 Å². The van der Waals surface area contributed by atoms with E-state index >= 15 is 0 Å². The van der Waals surface area contributed by atoms with E-state index in [0.717, 1.165) is 5.56 Å². The number of aryl methyl sites for hydroxylation is 3. The molecule has 0 aliphatic carbocycles. The highest BCUT2D eigenvalue weighted by Gasteiger charge is 2.13. The minimum absolute atomic E-state index is 0.0514. The maximum absolute atomic E-state index is 13.7. The molecule has 1 N–H and O–H groups in total. The van der Waals surface area contributed by atoms with Crippen molar-refractivity contribution in [2.24, 2.45) is 0 Å². The normalized spacial score (nSPS) is 12.1. The lowest BCUT2D eigenvalue weighted by Gasteiger charge is -2.18. The van der Waals surface area contributed by atoms with Gasteiger partial charge in [0.2, 0.25) is 5.91 Å². The van der Waals surface area contributed by atoms with Crippen molar-refractivity contribution in [3.63, 3.8) is 0 Å². The number of rotatable bonds is 6. The Bertz CT molecular complexity index is 779. The standard InChI is InChI=1S/C20H23ClFNOS/c1-12-7-14(3)18(8-13(12)2)15(4)23-20(24)11-25-10-16-5-6-17(21)9-19(16)22/h5-9,15H,10-11H2,1-4H3,(H,23,24). The highest BCUT2D eigenvalue weighted by Crippen LogP contribution is 2.22. The molecule has 2 nitrogen and oxygen atoms in total. The number of carbonyl (C=O) groups is 1. The smallest absolute Gasteiger partial charge is 0.230 e. The first-order valence-corrected chi connectivity index (χ1v) is 9.70. The molecule has 0 radical (unpaired) electrons. The summed E-state index contributed by atoms with van der Waals surface area (Å²) in [5.41, 5.74) is 5.33. The number of amides is 1. The monoisotopic (exact) mass is 379 g/mol. The molecule has 2 aromatic carbocycles. The number of hydrogen-bond donors (Lipinski definition) is 1. The van der Waals surface area contributed by atoms with Crippen LogP contribution in [0.25, 0.3) is 0 Å². The molecule has 0 fully saturated rings. The van der Waals surface area contributed by atoms with Crippen LogP contribution in [0.4, 0.5) is 4.39 Å². The molecule has 0 aliphatic rings. The maximum atomic E-state index is 13.7. The van der Waals surface area contributed by atoms with Crippen molar-refractivity contribution >= 4 is 29.3 Å². The second-order valence-electron chi connectivity index (χ2n) is 6.31. The van der Waals surface area contributed by atoms with Crippen LogP contribution in [0.1, 0.15) is 40.8 Å². The SMILES string of the molecule is Cc1cc(C)c(C(C)NC(=O)CSCc2ccc(Cl)cc2F)cc1C. The van der Waals surface area contributed by atoms with Gasteiger partial charge in [-0.3, -0.25) is 4.79 Å². The Morgan fingerprint density at radius 1 is 1.16 bits per heavy atom. The fraction of sp³-hybridized carbons (Fsp3) is 0.350. The molecule has 0 bridgehead atoms. The van der Waals surface area contributed by atoms with Gasteiger partial charge >= 0.3 is 0 Å². The molecule has 134 valence electrons. The maximum Gasteiger partial charge on any atom is 0.230 e. The summed E-state index contributed by atoms with van der Waals surface area (Å²) >= 11 is 7.13. The minimum Gasteiger partial charge on any atom is -0.349 e. The van der Waals surface area contributed by atoms with Crippen molar-refractivity contribution in [1.82, 2.24) is 5.32 Å². The van der Waals surface area contributed by atoms with Gasteiger partial charge in [0, 0.05) is 10.8 Å². The van der Waals surface area contributed by atoms with Gasteiger partial charge in [-0.2, -0.15) is 0 Å². The summed E-state index contributed by atoms with van der Waals surface area (Å²) in [5, 5.41) is 3.40. The predicted molar refractivity (Wildman–Crippen MR) is 105 cm³/mol. The second-order valence-corrected chi connectivity index (χ2v) is 7.73. The van der Waals surface area contributed by atoms with E-state index in [4.69, 9.17) is 11.6 Å². The number of halogens is 2. The summed E-state index contributed by atoms with van der Waals surface area (Å²) in [7, 11) is 0. The molecule has 1 amide bonds. The van der Waals surface area contributed by atoms with Gasteiger partial charge in [0.25, 0.3) is 0 Å². The van der Waals surface area contributed by atoms with Gasteiger partial charge in [0.15, 0.2) is 0 Å². The number of carbonyl (C=O) groups excluding carboxylic acids is 1. The number of benzene rings is 2. The molecule has 0 heterocycles. The molecule has 2 aromatic rings.